The fourth-order valence-electron chi connectivity index (χ4n) is 6.86. The Morgan fingerprint density at radius 2 is 1.02 bits per heavy atom. The number of carbonyl (C=O) groups excluding carboxylic acids is 5. The Hall–Kier alpha value is -6.17. The average molecular weight is 841 g/mol. The summed E-state index contributed by atoms with van der Waals surface area (Å²) in [5.41, 5.74) is 9.58. The van der Waals surface area contributed by atoms with Crippen molar-refractivity contribution in [1.29, 1.82) is 0 Å². The monoisotopic (exact) mass is 840 g/mol. The lowest BCUT2D eigenvalue weighted by molar-refractivity contribution is -0.142. The number of nitrogens with one attached hydrogen (secondary N) is 7. The summed E-state index contributed by atoms with van der Waals surface area (Å²) < 4.78 is 0. The molecular weight excluding hydrogens is 789 g/mol. The Morgan fingerprint density at radius 1 is 0.600 bits per heavy atom. The molecule has 0 saturated heterocycles. The Bertz CT molecular complexity index is 2280. The summed E-state index contributed by atoms with van der Waals surface area (Å²) >= 11 is 4.13. The number of hydrogen-bond acceptors (Lipinski definition) is 9. The van der Waals surface area contributed by atoms with E-state index in [-0.39, 0.29) is 37.4 Å². The van der Waals surface area contributed by atoms with Gasteiger partial charge in [-0.1, -0.05) is 80.6 Å². The van der Waals surface area contributed by atoms with Crippen LogP contribution >= 0.6 is 12.6 Å². The SMILES string of the molecule is CC(C)C[C@H](NC(=O)[C@H](Cc1ccccc1)NC(=O)[C@H](CO)NC(=O)[C@H](Cc1c[nH]c2ccccc12)NC(=O)[C@H](Cc1c[nH]c2ccccc12)NC(=O)[C@@H](N)CS)C(=O)O. The van der Waals surface area contributed by atoms with Crippen molar-refractivity contribution in [1.82, 2.24) is 36.6 Å². The fraction of sp³-hybridized carbons (Fsp3) is 0.349. The maximum absolute atomic E-state index is 14.2. The van der Waals surface area contributed by atoms with Crippen molar-refractivity contribution in [2.45, 2.75) is 75.8 Å². The van der Waals surface area contributed by atoms with E-state index in [1.165, 1.54) is 0 Å². The molecule has 5 aromatic rings. The maximum atomic E-state index is 14.2. The molecule has 0 unspecified atom stereocenters. The number of rotatable bonds is 21. The first kappa shape index (κ1) is 44.9. The van der Waals surface area contributed by atoms with E-state index in [4.69, 9.17) is 5.73 Å². The van der Waals surface area contributed by atoms with E-state index in [0.717, 1.165) is 21.8 Å². The summed E-state index contributed by atoms with van der Waals surface area (Å²) in [6.07, 6.45) is 3.48. The molecule has 5 rings (SSSR count). The third-order valence-electron chi connectivity index (χ3n) is 10.1. The number of para-hydroxylation sites is 2. The molecule has 318 valence electrons. The number of fused-ring (bicyclic) bond motifs is 2. The van der Waals surface area contributed by atoms with Gasteiger partial charge in [-0.15, -0.1) is 0 Å². The van der Waals surface area contributed by atoms with E-state index >= 15 is 0 Å². The van der Waals surface area contributed by atoms with Crippen molar-refractivity contribution < 1.29 is 39.0 Å². The summed E-state index contributed by atoms with van der Waals surface area (Å²) in [6.45, 7) is 2.73. The minimum absolute atomic E-state index is 0.00934. The van der Waals surface area contributed by atoms with Gasteiger partial charge in [0.05, 0.1) is 12.6 Å². The highest BCUT2D eigenvalue weighted by Crippen LogP contribution is 2.21. The van der Waals surface area contributed by atoms with E-state index in [0.29, 0.717) is 16.7 Å². The standard InChI is InChI=1S/C43H52N8O8S/c1-24(2)16-36(43(58)59)50-39(54)33(17-25-10-4-3-5-11-25)48-42(57)37(22-52)51-41(56)35(19-27-21-46-32-15-9-7-13-29(27)32)49-40(55)34(47-38(53)30(44)23-60)18-26-20-45-31-14-8-6-12-28(26)31/h3-15,20-21,24,30,33-37,45-46,52,60H,16-19,22-23,44H2,1-2H3,(H,47,53)(H,48,57)(H,49,55)(H,50,54)(H,51,56)(H,58,59)/t30-,33-,34-,35-,36-,37-/m0/s1. The molecule has 0 fully saturated rings. The lowest BCUT2D eigenvalue weighted by Gasteiger charge is -2.27. The molecule has 5 amide bonds. The van der Waals surface area contributed by atoms with Crippen molar-refractivity contribution in [2.75, 3.05) is 12.4 Å². The second-order valence-electron chi connectivity index (χ2n) is 15.1. The minimum Gasteiger partial charge on any atom is -0.480 e. The highest BCUT2D eigenvalue weighted by molar-refractivity contribution is 7.80. The average Bonchev–Trinajstić information content (AvgIpc) is 3.85. The first-order chi connectivity index (χ1) is 28.8. The molecule has 2 heterocycles. The van der Waals surface area contributed by atoms with Gasteiger partial charge in [0, 0.05) is 59.2 Å². The summed E-state index contributed by atoms with van der Waals surface area (Å²) in [5.74, 6) is -5.20. The normalized spacial score (nSPS) is 14.4. The molecule has 60 heavy (non-hydrogen) atoms. The van der Waals surface area contributed by atoms with Gasteiger partial charge in [-0.3, -0.25) is 24.0 Å². The van der Waals surface area contributed by atoms with Crippen molar-refractivity contribution in [3.05, 3.63) is 108 Å². The second-order valence-corrected chi connectivity index (χ2v) is 15.4. The zero-order valence-electron chi connectivity index (χ0n) is 33.3. The van der Waals surface area contributed by atoms with Crippen molar-refractivity contribution in [3.63, 3.8) is 0 Å². The van der Waals surface area contributed by atoms with Crippen LogP contribution in [-0.2, 0) is 48.0 Å². The topological polar surface area (TPSA) is 261 Å². The number of hydrogen-bond donors (Lipinski definition) is 11. The van der Waals surface area contributed by atoms with Crippen LogP contribution in [0, 0.1) is 5.92 Å². The zero-order chi connectivity index (χ0) is 43.3. The molecule has 11 N–H and O–H groups in total. The van der Waals surface area contributed by atoms with Crippen molar-refractivity contribution >= 4 is 69.9 Å². The minimum atomic E-state index is -1.60. The van der Waals surface area contributed by atoms with Crippen LogP contribution in [0.3, 0.4) is 0 Å². The van der Waals surface area contributed by atoms with Gasteiger partial charge < -0.3 is 52.5 Å². The van der Waals surface area contributed by atoms with E-state index in [9.17, 15) is 39.0 Å². The lowest BCUT2D eigenvalue weighted by atomic mass is 10.0. The summed E-state index contributed by atoms with van der Waals surface area (Å²) in [4.78, 5) is 87.3. The van der Waals surface area contributed by atoms with Crippen LogP contribution in [-0.4, -0.2) is 104 Å². The van der Waals surface area contributed by atoms with Gasteiger partial charge in [0.2, 0.25) is 29.5 Å². The molecule has 0 aliphatic heterocycles. The fourth-order valence-corrected chi connectivity index (χ4v) is 7.02. The number of amides is 5. The molecule has 16 nitrogen and oxygen atoms in total. The molecule has 0 bridgehead atoms. The van der Waals surface area contributed by atoms with E-state index in [1.807, 2.05) is 62.4 Å². The first-order valence-electron chi connectivity index (χ1n) is 19.6. The van der Waals surface area contributed by atoms with Crippen LogP contribution in [0.4, 0.5) is 0 Å². The third-order valence-corrected chi connectivity index (χ3v) is 10.4. The summed E-state index contributed by atoms with van der Waals surface area (Å²) in [7, 11) is 0. The second kappa shape index (κ2) is 21.2. The molecule has 0 radical (unpaired) electrons. The van der Waals surface area contributed by atoms with Crippen molar-refractivity contribution in [3.8, 4) is 0 Å². The number of carboxylic acids is 1. The molecule has 6 atom stereocenters. The number of aromatic nitrogens is 2. The number of thiol groups is 1. The third kappa shape index (κ3) is 12.0. The Kier molecular flexibility index (Phi) is 15.9. The number of benzene rings is 3. The molecule has 0 aliphatic rings. The molecule has 2 aromatic heterocycles. The molecule has 0 spiro atoms. The van der Waals surface area contributed by atoms with Gasteiger partial charge in [0.1, 0.15) is 30.2 Å². The zero-order valence-corrected chi connectivity index (χ0v) is 34.2. The number of aliphatic hydroxyl groups excluding tert-OH is 1. The molecular formula is C43H52N8O8S. The molecule has 17 heteroatoms. The van der Waals surface area contributed by atoms with Gasteiger partial charge in [0.15, 0.2) is 0 Å². The number of aromatic amines is 2. The first-order valence-corrected chi connectivity index (χ1v) is 20.3. The number of nitrogens with two attached hydrogens (primary N) is 1. The van der Waals surface area contributed by atoms with Gasteiger partial charge in [0.25, 0.3) is 0 Å². The number of H-pyrrole nitrogens is 2. The predicted octanol–water partition coefficient (Wildman–Crippen LogP) is 1.48. The molecule has 0 saturated carbocycles. The summed E-state index contributed by atoms with van der Waals surface area (Å²) in [6, 6.07) is 15.8. The van der Waals surface area contributed by atoms with Crippen LogP contribution in [0.25, 0.3) is 21.8 Å². The summed E-state index contributed by atoms with van der Waals surface area (Å²) in [5, 5.41) is 34.9. The quantitative estimate of drug-likeness (QED) is 0.0478. The van der Waals surface area contributed by atoms with E-state index in [2.05, 4.69) is 49.2 Å². The van der Waals surface area contributed by atoms with Crippen LogP contribution in [0.1, 0.15) is 37.0 Å². The van der Waals surface area contributed by atoms with Gasteiger partial charge in [-0.25, -0.2) is 4.79 Å². The number of carbonyl (C=O) groups is 6. The van der Waals surface area contributed by atoms with Gasteiger partial charge >= 0.3 is 5.97 Å². The van der Waals surface area contributed by atoms with Crippen LogP contribution < -0.4 is 32.3 Å². The van der Waals surface area contributed by atoms with Crippen LogP contribution in [0.5, 0.6) is 0 Å². The van der Waals surface area contributed by atoms with E-state index < -0.39 is 78.4 Å². The predicted molar refractivity (Wildman–Crippen MR) is 230 cm³/mol. The Morgan fingerprint density at radius 3 is 1.48 bits per heavy atom. The molecule has 3 aromatic carbocycles. The van der Waals surface area contributed by atoms with Crippen LogP contribution in [0.15, 0.2) is 91.3 Å². The highest BCUT2D eigenvalue weighted by Gasteiger charge is 2.34. The Balaban J connectivity index is 1.40. The number of aliphatic hydroxyl groups is 1. The number of carboxylic acid groups (broad SMARTS) is 1. The highest BCUT2D eigenvalue weighted by atomic mass is 32.1. The van der Waals surface area contributed by atoms with Crippen molar-refractivity contribution in [2.24, 2.45) is 11.7 Å². The van der Waals surface area contributed by atoms with Gasteiger partial charge in [-0.2, -0.15) is 12.6 Å². The molecule has 0 aliphatic carbocycles. The lowest BCUT2D eigenvalue weighted by Crippen LogP contribution is -2.60. The smallest absolute Gasteiger partial charge is 0.326 e. The number of aliphatic carboxylic acids is 1. The maximum Gasteiger partial charge on any atom is 0.326 e. The van der Waals surface area contributed by atoms with Crippen LogP contribution in [0.2, 0.25) is 0 Å². The van der Waals surface area contributed by atoms with Gasteiger partial charge in [-0.05, 0) is 41.2 Å². The van der Waals surface area contributed by atoms with E-state index in [1.54, 1.807) is 42.7 Å². The Labute approximate surface area is 352 Å². The largest absolute Gasteiger partial charge is 0.480 e.